The minimum absolute atomic E-state index is 0.183. The molecule has 1 atom stereocenters. The number of anilines is 1. The average molecular weight is 297 g/mol. The van der Waals surface area contributed by atoms with Crippen LogP contribution < -0.4 is 4.90 Å². The van der Waals surface area contributed by atoms with E-state index in [0.717, 1.165) is 31.1 Å². The van der Waals surface area contributed by atoms with E-state index in [9.17, 15) is 4.79 Å². The topological polar surface area (TPSA) is 45.7 Å². The maximum atomic E-state index is 12.1. The number of piperidine rings is 1. The Morgan fingerprint density at radius 2 is 2.30 bits per heavy atom. The SMILES string of the molecule is CN(C(=O)OC(C)(C)C)C1CCCN(c2nccs2)C1. The summed E-state index contributed by atoms with van der Waals surface area (Å²) in [6.07, 6.45) is 3.65. The van der Waals surface area contributed by atoms with E-state index >= 15 is 0 Å². The second kappa shape index (κ2) is 5.99. The summed E-state index contributed by atoms with van der Waals surface area (Å²) >= 11 is 1.64. The molecule has 0 radical (unpaired) electrons. The lowest BCUT2D eigenvalue weighted by Crippen LogP contribution is -2.49. The number of hydrogen-bond donors (Lipinski definition) is 0. The maximum absolute atomic E-state index is 12.1. The summed E-state index contributed by atoms with van der Waals surface area (Å²) in [4.78, 5) is 20.4. The van der Waals surface area contributed by atoms with Gasteiger partial charge in [0, 0.05) is 31.7 Å². The molecule has 1 aromatic rings. The molecule has 1 fully saturated rings. The molecular weight excluding hydrogens is 274 g/mol. The van der Waals surface area contributed by atoms with Crippen LogP contribution in [0.15, 0.2) is 11.6 Å². The number of nitrogens with zero attached hydrogens (tertiary/aromatic N) is 3. The summed E-state index contributed by atoms with van der Waals surface area (Å²) in [7, 11) is 1.82. The van der Waals surface area contributed by atoms with Crippen LogP contribution in [0, 0.1) is 0 Å². The largest absolute Gasteiger partial charge is 0.444 e. The lowest BCUT2D eigenvalue weighted by molar-refractivity contribution is 0.0210. The normalized spacial score (nSPS) is 19.8. The van der Waals surface area contributed by atoms with Crippen molar-refractivity contribution in [1.29, 1.82) is 0 Å². The minimum Gasteiger partial charge on any atom is -0.444 e. The highest BCUT2D eigenvalue weighted by Crippen LogP contribution is 2.24. The number of ether oxygens (including phenoxy) is 1. The number of thiazole rings is 1. The van der Waals surface area contributed by atoms with Gasteiger partial charge in [-0.25, -0.2) is 9.78 Å². The van der Waals surface area contributed by atoms with Gasteiger partial charge in [0.25, 0.3) is 0 Å². The van der Waals surface area contributed by atoms with Crippen molar-refractivity contribution in [3.05, 3.63) is 11.6 Å². The number of aromatic nitrogens is 1. The third-order valence-corrected chi connectivity index (χ3v) is 4.15. The molecule has 0 N–H and O–H groups in total. The van der Waals surface area contributed by atoms with Crippen molar-refractivity contribution in [2.45, 2.75) is 45.3 Å². The van der Waals surface area contributed by atoms with Gasteiger partial charge >= 0.3 is 6.09 Å². The van der Waals surface area contributed by atoms with Crippen molar-refractivity contribution >= 4 is 22.6 Å². The molecule has 112 valence electrons. The number of rotatable bonds is 2. The predicted octanol–water partition coefficient (Wildman–Crippen LogP) is 2.98. The molecule has 1 aromatic heterocycles. The molecule has 2 rings (SSSR count). The number of likely N-dealkylation sites (N-methyl/N-ethyl adjacent to an activating group) is 1. The molecular formula is C14H23N3O2S. The third kappa shape index (κ3) is 3.85. The monoisotopic (exact) mass is 297 g/mol. The summed E-state index contributed by atoms with van der Waals surface area (Å²) in [5, 5.41) is 3.02. The first-order chi connectivity index (χ1) is 9.37. The van der Waals surface area contributed by atoms with Gasteiger partial charge in [0.1, 0.15) is 5.60 Å². The molecule has 0 saturated carbocycles. The Morgan fingerprint density at radius 3 is 2.90 bits per heavy atom. The molecule has 5 nitrogen and oxygen atoms in total. The van der Waals surface area contributed by atoms with Crippen LogP contribution in [0.5, 0.6) is 0 Å². The Morgan fingerprint density at radius 1 is 1.55 bits per heavy atom. The van der Waals surface area contributed by atoms with E-state index in [1.165, 1.54) is 0 Å². The summed E-state index contributed by atoms with van der Waals surface area (Å²) < 4.78 is 5.43. The molecule has 1 aliphatic rings. The Balaban J connectivity index is 1.96. The number of amides is 1. The summed E-state index contributed by atoms with van der Waals surface area (Å²) in [5.74, 6) is 0. The summed E-state index contributed by atoms with van der Waals surface area (Å²) in [6.45, 7) is 7.50. The van der Waals surface area contributed by atoms with Gasteiger partial charge in [0.05, 0.1) is 6.04 Å². The molecule has 6 heteroatoms. The zero-order valence-electron chi connectivity index (χ0n) is 12.6. The van der Waals surface area contributed by atoms with Crippen LogP contribution in [0.4, 0.5) is 9.93 Å². The van der Waals surface area contributed by atoms with Gasteiger partial charge in [-0.1, -0.05) is 0 Å². The van der Waals surface area contributed by atoms with Crippen LogP contribution in [-0.2, 0) is 4.74 Å². The van der Waals surface area contributed by atoms with Crippen LogP contribution in [-0.4, -0.2) is 47.8 Å². The van der Waals surface area contributed by atoms with Gasteiger partial charge in [-0.3, -0.25) is 0 Å². The second-order valence-electron chi connectivity index (χ2n) is 6.15. The first-order valence-corrected chi connectivity index (χ1v) is 7.85. The molecule has 0 aliphatic carbocycles. The van der Waals surface area contributed by atoms with Gasteiger partial charge in [-0.05, 0) is 33.6 Å². The van der Waals surface area contributed by atoms with Crippen LogP contribution in [0.3, 0.4) is 0 Å². The Hall–Kier alpha value is -1.30. The second-order valence-corrected chi connectivity index (χ2v) is 7.02. The Labute approximate surface area is 124 Å². The average Bonchev–Trinajstić information content (AvgIpc) is 2.90. The molecule has 0 bridgehead atoms. The fraction of sp³-hybridized carbons (Fsp3) is 0.714. The molecule has 1 aliphatic heterocycles. The maximum Gasteiger partial charge on any atom is 0.410 e. The van der Waals surface area contributed by atoms with E-state index in [0.29, 0.717) is 0 Å². The molecule has 2 heterocycles. The van der Waals surface area contributed by atoms with E-state index in [-0.39, 0.29) is 12.1 Å². The highest BCUT2D eigenvalue weighted by molar-refractivity contribution is 7.13. The molecule has 1 unspecified atom stereocenters. The zero-order valence-corrected chi connectivity index (χ0v) is 13.4. The fourth-order valence-corrected chi connectivity index (χ4v) is 2.98. The smallest absolute Gasteiger partial charge is 0.410 e. The van der Waals surface area contributed by atoms with Crippen molar-refractivity contribution in [3.8, 4) is 0 Å². The number of hydrogen-bond acceptors (Lipinski definition) is 5. The Kier molecular flexibility index (Phi) is 4.52. The minimum atomic E-state index is -0.449. The van der Waals surface area contributed by atoms with Crippen molar-refractivity contribution in [1.82, 2.24) is 9.88 Å². The van der Waals surface area contributed by atoms with Crippen LogP contribution in [0.2, 0.25) is 0 Å². The van der Waals surface area contributed by atoms with Crippen molar-refractivity contribution < 1.29 is 9.53 Å². The van der Waals surface area contributed by atoms with Crippen LogP contribution in [0.25, 0.3) is 0 Å². The Bertz CT molecular complexity index is 442. The predicted molar refractivity (Wildman–Crippen MR) is 81.3 cm³/mol. The van der Waals surface area contributed by atoms with E-state index in [1.54, 1.807) is 16.2 Å². The van der Waals surface area contributed by atoms with Gasteiger partial charge < -0.3 is 14.5 Å². The van der Waals surface area contributed by atoms with E-state index in [4.69, 9.17) is 4.74 Å². The molecule has 0 aromatic carbocycles. The molecule has 0 spiro atoms. The highest BCUT2D eigenvalue weighted by Gasteiger charge is 2.29. The number of carbonyl (C=O) groups excluding carboxylic acids is 1. The fourth-order valence-electron chi connectivity index (χ4n) is 2.30. The third-order valence-electron chi connectivity index (χ3n) is 3.32. The number of carbonyl (C=O) groups is 1. The first kappa shape index (κ1) is 15.1. The highest BCUT2D eigenvalue weighted by atomic mass is 32.1. The van der Waals surface area contributed by atoms with E-state index < -0.39 is 5.60 Å². The summed E-state index contributed by atoms with van der Waals surface area (Å²) in [5.41, 5.74) is -0.449. The van der Waals surface area contributed by atoms with E-state index in [1.807, 2.05) is 39.4 Å². The lowest BCUT2D eigenvalue weighted by atomic mass is 10.1. The lowest BCUT2D eigenvalue weighted by Gasteiger charge is -2.37. The zero-order chi connectivity index (χ0) is 14.8. The molecule has 1 saturated heterocycles. The van der Waals surface area contributed by atoms with Gasteiger partial charge in [-0.2, -0.15) is 0 Å². The van der Waals surface area contributed by atoms with Crippen LogP contribution >= 0.6 is 11.3 Å². The van der Waals surface area contributed by atoms with Gasteiger partial charge in [-0.15, -0.1) is 11.3 Å². The molecule has 1 amide bonds. The van der Waals surface area contributed by atoms with Gasteiger partial charge in [0.15, 0.2) is 5.13 Å². The van der Waals surface area contributed by atoms with Crippen LogP contribution in [0.1, 0.15) is 33.6 Å². The quantitative estimate of drug-likeness (QED) is 0.842. The van der Waals surface area contributed by atoms with E-state index in [2.05, 4.69) is 9.88 Å². The summed E-state index contributed by atoms with van der Waals surface area (Å²) in [6, 6.07) is 0.183. The van der Waals surface area contributed by atoms with Crippen molar-refractivity contribution in [2.24, 2.45) is 0 Å². The standard InChI is InChI=1S/C14H23N3O2S/c1-14(2,3)19-13(18)16(4)11-6-5-8-17(10-11)12-15-7-9-20-12/h7,9,11H,5-6,8,10H2,1-4H3. The molecule has 20 heavy (non-hydrogen) atoms. The van der Waals surface area contributed by atoms with Crippen molar-refractivity contribution in [3.63, 3.8) is 0 Å². The van der Waals surface area contributed by atoms with Gasteiger partial charge in [0.2, 0.25) is 0 Å². The first-order valence-electron chi connectivity index (χ1n) is 6.97. The van der Waals surface area contributed by atoms with Crippen molar-refractivity contribution in [2.75, 3.05) is 25.0 Å².